The number of ether oxygens (including phenoxy) is 1. The Morgan fingerprint density at radius 3 is 2.74 bits per heavy atom. The van der Waals surface area contributed by atoms with Gasteiger partial charge in [-0.1, -0.05) is 19.8 Å². The number of nitrogens with zero attached hydrogens (tertiary/aromatic N) is 1. The van der Waals surface area contributed by atoms with Gasteiger partial charge in [-0.15, -0.1) is 0 Å². The van der Waals surface area contributed by atoms with Crippen LogP contribution in [0.2, 0.25) is 0 Å². The van der Waals surface area contributed by atoms with Crippen molar-refractivity contribution in [3.8, 4) is 0 Å². The van der Waals surface area contributed by atoms with E-state index in [9.17, 15) is 4.79 Å². The topological polar surface area (TPSA) is 55.6 Å². The Labute approximate surface area is 117 Å². The Kier molecular flexibility index (Phi) is 6.27. The normalized spacial score (nSPS) is 27.1. The maximum absolute atomic E-state index is 11.7. The van der Waals surface area contributed by atoms with Crippen molar-refractivity contribution in [3.63, 3.8) is 0 Å². The molecule has 1 saturated carbocycles. The van der Waals surface area contributed by atoms with Crippen LogP contribution in [0.15, 0.2) is 0 Å². The maximum atomic E-state index is 11.7. The van der Waals surface area contributed by atoms with Gasteiger partial charge in [0.05, 0.1) is 6.61 Å². The molecule has 3 atom stereocenters. The quantitative estimate of drug-likeness (QED) is 0.752. The van der Waals surface area contributed by atoms with Crippen LogP contribution < -0.4 is 5.73 Å². The lowest BCUT2D eigenvalue weighted by Crippen LogP contribution is -2.49. The molecule has 1 fully saturated rings. The molecule has 0 spiro atoms. The van der Waals surface area contributed by atoms with Gasteiger partial charge in [-0.25, -0.2) is 0 Å². The van der Waals surface area contributed by atoms with Gasteiger partial charge in [-0.3, -0.25) is 4.79 Å². The van der Waals surface area contributed by atoms with Gasteiger partial charge >= 0.3 is 5.97 Å². The Morgan fingerprint density at radius 1 is 1.47 bits per heavy atom. The van der Waals surface area contributed by atoms with E-state index in [2.05, 4.69) is 18.9 Å². The van der Waals surface area contributed by atoms with Crippen LogP contribution in [-0.2, 0) is 9.53 Å². The van der Waals surface area contributed by atoms with Crippen molar-refractivity contribution >= 4 is 5.97 Å². The lowest BCUT2D eigenvalue weighted by molar-refractivity contribution is -0.149. The first kappa shape index (κ1) is 16.4. The Hall–Kier alpha value is -0.610. The highest BCUT2D eigenvalue weighted by Gasteiger charge is 2.31. The van der Waals surface area contributed by atoms with E-state index >= 15 is 0 Å². The van der Waals surface area contributed by atoms with Gasteiger partial charge in [0, 0.05) is 12.6 Å². The summed E-state index contributed by atoms with van der Waals surface area (Å²) in [6.07, 6.45) is 5.83. The average Bonchev–Trinajstić information content (AvgIpc) is 2.36. The summed E-state index contributed by atoms with van der Waals surface area (Å²) in [5, 5.41) is 0. The minimum Gasteiger partial charge on any atom is -0.465 e. The number of carbonyl (C=O) groups is 1. The highest BCUT2D eigenvalue weighted by molar-refractivity contribution is 5.79. The van der Waals surface area contributed by atoms with Gasteiger partial charge in [0.1, 0.15) is 5.54 Å². The lowest BCUT2D eigenvalue weighted by Gasteiger charge is -2.35. The molecule has 112 valence electrons. The lowest BCUT2D eigenvalue weighted by atomic mass is 9.86. The second kappa shape index (κ2) is 7.25. The number of nitrogens with two attached hydrogens (primary N) is 1. The van der Waals surface area contributed by atoms with Gasteiger partial charge in [0.25, 0.3) is 0 Å². The van der Waals surface area contributed by atoms with Crippen LogP contribution in [0.1, 0.15) is 52.9 Å². The average molecular weight is 270 g/mol. The van der Waals surface area contributed by atoms with E-state index in [1.54, 1.807) is 6.92 Å². The smallest absolute Gasteiger partial charge is 0.325 e. The van der Waals surface area contributed by atoms with Crippen LogP contribution in [0, 0.1) is 5.92 Å². The monoisotopic (exact) mass is 270 g/mol. The first-order valence-electron chi connectivity index (χ1n) is 7.53. The molecule has 1 rings (SSSR count). The summed E-state index contributed by atoms with van der Waals surface area (Å²) in [5.41, 5.74) is 5.18. The zero-order chi connectivity index (χ0) is 14.5. The summed E-state index contributed by atoms with van der Waals surface area (Å²) in [6.45, 7) is 7.14. The molecule has 0 bridgehead atoms. The fourth-order valence-electron chi connectivity index (χ4n) is 2.79. The van der Waals surface area contributed by atoms with Gasteiger partial charge in [-0.05, 0) is 46.1 Å². The maximum Gasteiger partial charge on any atom is 0.325 e. The van der Waals surface area contributed by atoms with Crippen molar-refractivity contribution in [1.29, 1.82) is 0 Å². The Bertz CT molecular complexity index is 292. The van der Waals surface area contributed by atoms with Crippen LogP contribution in [0.5, 0.6) is 0 Å². The number of rotatable bonds is 6. The van der Waals surface area contributed by atoms with Gasteiger partial charge < -0.3 is 15.4 Å². The summed E-state index contributed by atoms with van der Waals surface area (Å²) >= 11 is 0. The molecule has 0 aromatic rings. The molecule has 0 aromatic heterocycles. The van der Waals surface area contributed by atoms with E-state index in [0.717, 1.165) is 12.5 Å². The molecule has 0 aromatic carbocycles. The SMILES string of the molecule is CCOC(=O)C(C)(N)CCN(C)C1CCCC(C)C1. The molecular formula is C15H30N2O2. The molecule has 3 unspecified atom stereocenters. The fraction of sp³-hybridized carbons (Fsp3) is 0.933. The van der Waals surface area contributed by atoms with E-state index in [1.165, 1.54) is 25.7 Å². The molecule has 0 aliphatic heterocycles. The number of hydrogen-bond donors (Lipinski definition) is 1. The predicted octanol–water partition coefficient (Wildman–Crippen LogP) is 2.17. The summed E-state index contributed by atoms with van der Waals surface area (Å²) < 4.78 is 5.02. The van der Waals surface area contributed by atoms with Crippen LogP contribution in [-0.4, -0.2) is 42.6 Å². The van der Waals surface area contributed by atoms with Crippen molar-refractivity contribution in [1.82, 2.24) is 4.90 Å². The summed E-state index contributed by atoms with van der Waals surface area (Å²) in [4.78, 5) is 14.1. The van der Waals surface area contributed by atoms with E-state index in [-0.39, 0.29) is 5.97 Å². The minimum atomic E-state index is -0.870. The molecule has 19 heavy (non-hydrogen) atoms. The molecule has 0 amide bonds. The first-order valence-corrected chi connectivity index (χ1v) is 7.53. The first-order chi connectivity index (χ1) is 8.86. The van der Waals surface area contributed by atoms with Crippen molar-refractivity contribution in [2.45, 2.75) is 64.5 Å². The molecule has 4 heteroatoms. The molecule has 1 aliphatic rings. The second-order valence-electron chi connectivity index (χ2n) is 6.29. The predicted molar refractivity (Wildman–Crippen MR) is 77.9 cm³/mol. The van der Waals surface area contributed by atoms with Crippen LogP contribution >= 0.6 is 0 Å². The van der Waals surface area contributed by atoms with Gasteiger partial charge in [0.15, 0.2) is 0 Å². The third kappa shape index (κ3) is 5.11. The highest BCUT2D eigenvalue weighted by atomic mass is 16.5. The van der Waals surface area contributed by atoms with E-state index < -0.39 is 5.54 Å². The third-order valence-electron chi connectivity index (χ3n) is 4.26. The third-order valence-corrected chi connectivity index (χ3v) is 4.26. The van der Waals surface area contributed by atoms with E-state index in [4.69, 9.17) is 10.5 Å². The minimum absolute atomic E-state index is 0.291. The van der Waals surface area contributed by atoms with Gasteiger partial charge in [0.2, 0.25) is 0 Å². The Morgan fingerprint density at radius 2 is 2.16 bits per heavy atom. The molecule has 0 heterocycles. The van der Waals surface area contributed by atoms with Gasteiger partial charge in [-0.2, -0.15) is 0 Å². The molecule has 2 N–H and O–H groups in total. The van der Waals surface area contributed by atoms with Crippen molar-refractivity contribution in [3.05, 3.63) is 0 Å². The Balaban J connectivity index is 2.40. The number of carbonyl (C=O) groups excluding carboxylic acids is 1. The van der Waals surface area contributed by atoms with Crippen LogP contribution in [0.25, 0.3) is 0 Å². The summed E-state index contributed by atoms with van der Waals surface area (Å²) in [6, 6.07) is 0.641. The van der Waals surface area contributed by atoms with Crippen molar-refractivity contribution in [2.75, 3.05) is 20.2 Å². The zero-order valence-corrected chi connectivity index (χ0v) is 12.9. The molecular weight excluding hydrogens is 240 g/mol. The molecule has 4 nitrogen and oxygen atoms in total. The zero-order valence-electron chi connectivity index (χ0n) is 12.9. The number of esters is 1. The summed E-state index contributed by atoms with van der Waals surface area (Å²) in [5.74, 6) is 0.524. The fourth-order valence-corrected chi connectivity index (χ4v) is 2.79. The molecule has 0 saturated heterocycles. The number of hydrogen-bond acceptors (Lipinski definition) is 4. The molecule has 0 radical (unpaired) electrons. The largest absolute Gasteiger partial charge is 0.465 e. The standard InChI is InChI=1S/C15H30N2O2/c1-5-19-14(18)15(3,16)9-10-17(4)13-8-6-7-12(2)11-13/h12-13H,5-11,16H2,1-4H3. The molecule has 1 aliphatic carbocycles. The van der Waals surface area contributed by atoms with E-state index in [1.807, 2.05) is 6.92 Å². The van der Waals surface area contributed by atoms with Crippen LogP contribution in [0.4, 0.5) is 0 Å². The highest BCUT2D eigenvalue weighted by Crippen LogP contribution is 2.27. The van der Waals surface area contributed by atoms with E-state index in [0.29, 0.717) is 19.1 Å². The van der Waals surface area contributed by atoms with Crippen LogP contribution in [0.3, 0.4) is 0 Å². The second-order valence-corrected chi connectivity index (χ2v) is 6.29. The summed E-state index contributed by atoms with van der Waals surface area (Å²) in [7, 11) is 2.14. The van der Waals surface area contributed by atoms with Crippen molar-refractivity contribution < 1.29 is 9.53 Å². The van der Waals surface area contributed by atoms with Crippen molar-refractivity contribution in [2.24, 2.45) is 11.7 Å².